The minimum Gasteiger partial charge on any atom is -0.368 e. The first-order valence-corrected chi connectivity index (χ1v) is 13.3. The summed E-state index contributed by atoms with van der Waals surface area (Å²) in [5.41, 5.74) is 7.07. The second kappa shape index (κ2) is 9.94. The predicted octanol–water partition coefficient (Wildman–Crippen LogP) is 2.40. The Bertz CT molecular complexity index is 1210. The highest BCUT2D eigenvalue weighted by molar-refractivity contribution is 7.89. The zero-order valence-electron chi connectivity index (χ0n) is 19.9. The molecule has 3 atom stereocenters. The van der Waals surface area contributed by atoms with Crippen molar-refractivity contribution in [1.82, 2.24) is 9.21 Å². The van der Waals surface area contributed by atoms with E-state index in [0.29, 0.717) is 31.6 Å². The molecule has 2 aliphatic heterocycles. The van der Waals surface area contributed by atoms with Crippen LogP contribution < -0.4 is 10.6 Å². The van der Waals surface area contributed by atoms with Crippen molar-refractivity contribution in [3.63, 3.8) is 0 Å². The van der Waals surface area contributed by atoms with Crippen LogP contribution in [-0.4, -0.2) is 61.2 Å². The van der Waals surface area contributed by atoms with Crippen LogP contribution in [0.25, 0.3) is 0 Å². The fourth-order valence-electron chi connectivity index (χ4n) is 5.02. The zero-order chi connectivity index (χ0) is 25.3. The van der Waals surface area contributed by atoms with Gasteiger partial charge in [0, 0.05) is 50.4 Å². The number of nitrogens with zero attached hydrogens (tertiary/aromatic N) is 3. The third-order valence-corrected chi connectivity index (χ3v) is 9.41. The average Bonchev–Trinajstić information content (AvgIpc) is 2.82. The van der Waals surface area contributed by atoms with Crippen molar-refractivity contribution in [2.24, 2.45) is 5.73 Å². The fourth-order valence-corrected chi connectivity index (χ4v) is 7.21. The number of hydrogen-bond donors (Lipinski definition) is 1. The molecule has 2 saturated heterocycles. The van der Waals surface area contributed by atoms with Crippen LogP contribution in [-0.2, 0) is 26.2 Å². The second-order valence-corrected chi connectivity index (χ2v) is 11.3. The summed E-state index contributed by atoms with van der Waals surface area (Å²) in [7, 11) is -3.68. The van der Waals surface area contributed by atoms with Gasteiger partial charge in [-0.25, -0.2) is 12.8 Å². The minimum atomic E-state index is -3.68. The molecule has 0 spiro atoms. The van der Waals surface area contributed by atoms with E-state index in [1.54, 1.807) is 12.1 Å². The molecule has 2 aromatic rings. The standard InChI is InChI=1S/C25H31FN4O4S/c1-17-8-11-24(19-6-4-3-5-7-19)35(33,34)30(17)15-20-9-10-21(14-22(20)26)28-12-13-29(18(2)31)23(16-28)25(27)32/h3-7,9-10,14,17,23-24H,8,11-13,15-16H2,1-2H3,(H2,27,32)/t17-,23-,24?/m0/s1. The van der Waals surface area contributed by atoms with E-state index in [0.717, 1.165) is 5.56 Å². The number of carbonyl (C=O) groups excluding carboxylic acids is 2. The summed E-state index contributed by atoms with van der Waals surface area (Å²) in [6.07, 6.45) is 1.21. The van der Waals surface area contributed by atoms with Gasteiger partial charge >= 0.3 is 0 Å². The maximum atomic E-state index is 15.2. The highest BCUT2D eigenvalue weighted by Crippen LogP contribution is 2.38. The van der Waals surface area contributed by atoms with Crippen LogP contribution in [0.3, 0.4) is 0 Å². The van der Waals surface area contributed by atoms with Crippen LogP contribution in [0, 0.1) is 5.82 Å². The lowest BCUT2D eigenvalue weighted by atomic mass is 10.0. The van der Waals surface area contributed by atoms with E-state index in [1.165, 1.54) is 22.2 Å². The molecule has 10 heteroatoms. The van der Waals surface area contributed by atoms with Crippen LogP contribution in [0.4, 0.5) is 10.1 Å². The largest absolute Gasteiger partial charge is 0.368 e. The van der Waals surface area contributed by atoms with Gasteiger partial charge in [0.05, 0.1) is 0 Å². The summed E-state index contributed by atoms with van der Waals surface area (Å²) in [6.45, 7) is 4.09. The highest BCUT2D eigenvalue weighted by Gasteiger charge is 2.41. The quantitative estimate of drug-likeness (QED) is 0.676. The van der Waals surface area contributed by atoms with Crippen LogP contribution in [0.1, 0.15) is 43.1 Å². The summed E-state index contributed by atoms with van der Waals surface area (Å²) in [6, 6.07) is 12.8. The molecule has 188 valence electrons. The first kappa shape index (κ1) is 25.1. The summed E-state index contributed by atoms with van der Waals surface area (Å²) in [4.78, 5) is 26.9. The molecule has 35 heavy (non-hydrogen) atoms. The second-order valence-electron chi connectivity index (χ2n) is 9.27. The molecule has 2 heterocycles. The number of anilines is 1. The number of nitrogens with two attached hydrogens (primary N) is 1. The number of halogens is 1. The van der Waals surface area contributed by atoms with Crippen molar-refractivity contribution in [2.75, 3.05) is 24.5 Å². The Morgan fingerprint density at radius 2 is 1.80 bits per heavy atom. The van der Waals surface area contributed by atoms with Gasteiger partial charge in [0.15, 0.2) is 0 Å². The van der Waals surface area contributed by atoms with Gasteiger partial charge in [-0.15, -0.1) is 0 Å². The van der Waals surface area contributed by atoms with E-state index in [4.69, 9.17) is 5.73 Å². The smallest absolute Gasteiger partial charge is 0.242 e. The molecule has 1 unspecified atom stereocenters. The van der Waals surface area contributed by atoms with Crippen LogP contribution in [0.15, 0.2) is 48.5 Å². The van der Waals surface area contributed by atoms with E-state index >= 15 is 4.39 Å². The Balaban J connectivity index is 1.54. The maximum absolute atomic E-state index is 15.2. The van der Waals surface area contributed by atoms with Crippen molar-refractivity contribution < 1.29 is 22.4 Å². The van der Waals surface area contributed by atoms with Crippen molar-refractivity contribution in [3.05, 3.63) is 65.5 Å². The topological polar surface area (TPSA) is 104 Å². The van der Waals surface area contributed by atoms with E-state index in [2.05, 4.69) is 0 Å². The SMILES string of the molecule is CC(=O)N1CCN(c2ccc(CN3[C@@H](C)CCC(c4ccccc4)S3(=O)=O)c(F)c2)C[C@H]1C(N)=O. The van der Waals surface area contributed by atoms with E-state index in [-0.39, 0.29) is 30.6 Å². The van der Waals surface area contributed by atoms with E-state index in [1.807, 2.05) is 42.2 Å². The Morgan fingerprint density at radius 1 is 1.09 bits per heavy atom. The molecule has 2 fully saturated rings. The number of carbonyl (C=O) groups is 2. The van der Waals surface area contributed by atoms with Gasteiger partial charge in [-0.1, -0.05) is 36.4 Å². The van der Waals surface area contributed by atoms with Crippen LogP contribution in [0.5, 0.6) is 0 Å². The molecule has 0 radical (unpaired) electrons. The van der Waals surface area contributed by atoms with Gasteiger partial charge in [0.2, 0.25) is 21.8 Å². The molecule has 0 bridgehead atoms. The van der Waals surface area contributed by atoms with Crippen LogP contribution in [0.2, 0.25) is 0 Å². The maximum Gasteiger partial charge on any atom is 0.242 e. The predicted molar refractivity (Wildman–Crippen MR) is 131 cm³/mol. The molecular weight excluding hydrogens is 471 g/mol. The normalized spacial score (nSPS) is 24.8. The van der Waals surface area contributed by atoms with Gasteiger partial charge < -0.3 is 15.5 Å². The lowest BCUT2D eigenvalue weighted by Gasteiger charge is -2.40. The molecule has 2 N–H and O–H groups in total. The zero-order valence-corrected chi connectivity index (χ0v) is 20.7. The lowest BCUT2D eigenvalue weighted by molar-refractivity contribution is -0.138. The number of primary amides is 1. The number of sulfonamides is 1. The number of hydrogen-bond acceptors (Lipinski definition) is 5. The molecule has 8 nitrogen and oxygen atoms in total. The Labute approximate surface area is 205 Å². The minimum absolute atomic E-state index is 0.0546. The Morgan fingerprint density at radius 3 is 2.43 bits per heavy atom. The molecule has 2 amide bonds. The number of benzene rings is 2. The van der Waals surface area contributed by atoms with Gasteiger partial charge in [-0.05, 0) is 37.5 Å². The Hall–Kier alpha value is -2.98. The van der Waals surface area contributed by atoms with Gasteiger partial charge in [-0.2, -0.15) is 4.31 Å². The van der Waals surface area contributed by atoms with E-state index < -0.39 is 33.0 Å². The van der Waals surface area contributed by atoms with Gasteiger partial charge in [0.25, 0.3) is 0 Å². The molecule has 0 saturated carbocycles. The third kappa shape index (κ3) is 5.04. The monoisotopic (exact) mass is 502 g/mol. The molecule has 2 aliphatic rings. The van der Waals surface area contributed by atoms with Gasteiger partial charge in [0.1, 0.15) is 17.1 Å². The molecular formula is C25H31FN4O4S. The van der Waals surface area contributed by atoms with Crippen LogP contribution >= 0.6 is 0 Å². The molecule has 4 rings (SSSR count). The van der Waals surface area contributed by atoms with Crippen molar-refractivity contribution in [2.45, 2.75) is 50.6 Å². The lowest BCUT2D eigenvalue weighted by Crippen LogP contribution is -2.59. The first-order valence-electron chi connectivity index (χ1n) is 11.7. The summed E-state index contributed by atoms with van der Waals surface area (Å²) in [5, 5.41) is -0.648. The third-order valence-electron chi connectivity index (χ3n) is 7.04. The summed E-state index contributed by atoms with van der Waals surface area (Å²) in [5.74, 6) is -1.36. The summed E-state index contributed by atoms with van der Waals surface area (Å²) >= 11 is 0. The Kier molecular flexibility index (Phi) is 7.14. The summed E-state index contributed by atoms with van der Waals surface area (Å²) < 4.78 is 43.5. The van der Waals surface area contributed by atoms with Crippen molar-refractivity contribution in [3.8, 4) is 0 Å². The van der Waals surface area contributed by atoms with E-state index in [9.17, 15) is 18.0 Å². The van der Waals surface area contributed by atoms with Crippen molar-refractivity contribution in [1.29, 1.82) is 0 Å². The number of rotatable bonds is 5. The van der Waals surface area contributed by atoms with Gasteiger partial charge in [-0.3, -0.25) is 9.59 Å². The molecule has 0 aromatic heterocycles. The fraction of sp³-hybridized carbons (Fsp3) is 0.440. The van der Waals surface area contributed by atoms with Crippen molar-refractivity contribution >= 4 is 27.5 Å². The highest BCUT2D eigenvalue weighted by atomic mass is 32.2. The number of piperazine rings is 1. The number of amides is 2. The molecule has 2 aromatic carbocycles. The molecule has 0 aliphatic carbocycles. The first-order chi connectivity index (χ1) is 16.6. The average molecular weight is 503 g/mol.